The Morgan fingerprint density at radius 3 is 2.57 bits per heavy atom. The van der Waals surface area contributed by atoms with Gasteiger partial charge in [0.1, 0.15) is 5.82 Å². The van der Waals surface area contributed by atoms with Crippen molar-refractivity contribution in [2.75, 3.05) is 5.32 Å². The van der Waals surface area contributed by atoms with E-state index in [1.165, 1.54) is 24.3 Å². The van der Waals surface area contributed by atoms with E-state index in [0.717, 1.165) is 0 Å². The molecule has 0 aliphatic rings. The number of carboxylic acid groups (broad SMARTS) is 1. The molecule has 0 saturated heterocycles. The molecule has 0 aromatic heterocycles. The van der Waals surface area contributed by atoms with E-state index < -0.39 is 17.7 Å². The highest BCUT2D eigenvalue weighted by molar-refractivity contribution is 9.10. The fourth-order valence-corrected chi connectivity index (χ4v) is 2.24. The third-order valence-corrected chi connectivity index (χ3v) is 3.56. The fourth-order valence-electron chi connectivity index (χ4n) is 1.76. The van der Waals surface area contributed by atoms with Gasteiger partial charge in [-0.3, -0.25) is 4.79 Å². The molecule has 0 unspecified atom stereocenters. The topological polar surface area (TPSA) is 66.4 Å². The van der Waals surface area contributed by atoms with Gasteiger partial charge in [0.25, 0.3) is 5.91 Å². The lowest BCUT2D eigenvalue weighted by Crippen LogP contribution is -2.15. The predicted molar refractivity (Wildman–Crippen MR) is 80.2 cm³/mol. The van der Waals surface area contributed by atoms with Crippen LogP contribution in [0.4, 0.5) is 10.1 Å². The summed E-state index contributed by atoms with van der Waals surface area (Å²) >= 11 is 3.18. The molecule has 2 aromatic rings. The van der Waals surface area contributed by atoms with Crippen molar-refractivity contribution in [2.45, 2.75) is 6.92 Å². The normalized spacial score (nSPS) is 10.2. The first-order valence-corrected chi connectivity index (χ1v) is 6.78. The van der Waals surface area contributed by atoms with E-state index >= 15 is 0 Å². The number of carbonyl (C=O) groups excluding carboxylic acids is 1. The monoisotopic (exact) mass is 351 g/mol. The quantitative estimate of drug-likeness (QED) is 0.882. The summed E-state index contributed by atoms with van der Waals surface area (Å²) in [5.74, 6) is -2.24. The zero-order valence-corrected chi connectivity index (χ0v) is 12.6. The Labute approximate surface area is 128 Å². The van der Waals surface area contributed by atoms with Crippen LogP contribution in [0, 0.1) is 12.7 Å². The minimum atomic E-state index is -1.07. The van der Waals surface area contributed by atoms with Gasteiger partial charge in [0.05, 0.1) is 16.8 Å². The van der Waals surface area contributed by atoms with E-state index in [1.807, 2.05) is 0 Å². The van der Waals surface area contributed by atoms with E-state index in [1.54, 1.807) is 19.1 Å². The lowest BCUT2D eigenvalue weighted by atomic mass is 10.1. The molecule has 2 N–H and O–H groups in total. The molecule has 2 rings (SSSR count). The van der Waals surface area contributed by atoms with Crippen LogP contribution in [-0.2, 0) is 0 Å². The summed E-state index contributed by atoms with van der Waals surface area (Å²) in [5.41, 5.74) is 0.764. The van der Waals surface area contributed by atoms with Gasteiger partial charge in [-0.15, -0.1) is 0 Å². The van der Waals surface area contributed by atoms with Crippen LogP contribution in [0.2, 0.25) is 0 Å². The smallest absolute Gasteiger partial charge is 0.335 e. The van der Waals surface area contributed by atoms with Crippen LogP contribution in [0.3, 0.4) is 0 Å². The Hall–Kier alpha value is -2.21. The second-order valence-corrected chi connectivity index (χ2v) is 5.24. The number of amides is 1. The van der Waals surface area contributed by atoms with Gasteiger partial charge < -0.3 is 10.4 Å². The summed E-state index contributed by atoms with van der Waals surface area (Å²) in [4.78, 5) is 22.9. The average Bonchev–Trinajstić information content (AvgIpc) is 2.43. The zero-order valence-electron chi connectivity index (χ0n) is 11.0. The van der Waals surface area contributed by atoms with Gasteiger partial charge in [-0.05, 0) is 52.7 Å². The first kappa shape index (κ1) is 15.2. The van der Waals surface area contributed by atoms with Crippen molar-refractivity contribution in [3.8, 4) is 0 Å². The lowest BCUT2D eigenvalue weighted by Gasteiger charge is -2.09. The summed E-state index contributed by atoms with van der Waals surface area (Å²) in [5, 5.41) is 11.4. The molecule has 0 bridgehead atoms. The molecule has 0 heterocycles. The van der Waals surface area contributed by atoms with Gasteiger partial charge in [-0.2, -0.15) is 0 Å². The number of hydrogen-bond donors (Lipinski definition) is 2. The molecule has 0 spiro atoms. The summed E-state index contributed by atoms with van der Waals surface area (Å²) in [6, 6.07) is 8.72. The third kappa shape index (κ3) is 3.28. The molecule has 0 aliphatic heterocycles. The van der Waals surface area contributed by atoms with Crippen LogP contribution in [-0.4, -0.2) is 17.0 Å². The van der Waals surface area contributed by atoms with E-state index in [-0.39, 0.29) is 11.1 Å². The van der Waals surface area contributed by atoms with Gasteiger partial charge >= 0.3 is 5.97 Å². The maximum absolute atomic E-state index is 13.9. The van der Waals surface area contributed by atoms with Crippen LogP contribution >= 0.6 is 15.9 Å². The number of carboxylic acids is 1. The van der Waals surface area contributed by atoms with Gasteiger partial charge in [-0.1, -0.05) is 12.1 Å². The van der Waals surface area contributed by atoms with Crippen molar-refractivity contribution < 1.29 is 19.1 Å². The highest BCUT2D eigenvalue weighted by Crippen LogP contribution is 2.25. The largest absolute Gasteiger partial charge is 0.478 e. The Morgan fingerprint density at radius 1 is 1.24 bits per heavy atom. The molecule has 0 radical (unpaired) electrons. The Kier molecular flexibility index (Phi) is 4.37. The highest BCUT2D eigenvalue weighted by Gasteiger charge is 2.15. The first-order chi connectivity index (χ1) is 9.90. The van der Waals surface area contributed by atoms with Crippen LogP contribution in [0.5, 0.6) is 0 Å². The number of halogens is 2. The molecular weight excluding hydrogens is 341 g/mol. The van der Waals surface area contributed by atoms with Crippen LogP contribution in [0.15, 0.2) is 40.9 Å². The highest BCUT2D eigenvalue weighted by atomic mass is 79.9. The van der Waals surface area contributed by atoms with Crippen molar-refractivity contribution in [2.24, 2.45) is 0 Å². The Bertz CT molecular complexity index is 731. The van der Waals surface area contributed by atoms with E-state index in [2.05, 4.69) is 21.2 Å². The van der Waals surface area contributed by atoms with Crippen molar-refractivity contribution >= 4 is 33.5 Å². The number of hydrogen-bond acceptors (Lipinski definition) is 2. The summed E-state index contributed by atoms with van der Waals surface area (Å²) in [6.45, 7) is 1.57. The van der Waals surface area contributed by atoms with Crippen molar-refractivity contribution in [3.05, 3.63) is 63.4 Å². The number of rotatable bonds is 3. The molecule has 0 aliphatic carbocycles. The molecule has 108 valence electrons. The number of aromatic carboxylic acids is 1. The predicted octanol–water partition coefficient (Wildman–Crippen LogP) is 3.85. The minimum absolute atomic E-state index is 0.0655. The van der Waals surface area contributed by atoms with Crippen molar-refractivity contribution in [3.63, 3.8) is 0 Å². The molecule has 0 saturated carbocycles. The molecule has 1 amide bonds. The second-order valence-electron chi connectivity index (χ2n) is 4.39. The second kappa shape index (κ2) is 6.05. The van der Waals surface area contributed by atoms with Gasteiger partial charge in [0, 0.05) is 4.47 Å². The molecule has 21 heavy (non-hydrogen) atoms. The van der Waals surface area contributed by atoms with Gasteiger partial charge in [-0.25, -0.2) is 9.18 Å². The molecule has 4 nitrogen and oxygen atoms in total. The maximum Gasteiger partial charge on any atom is 0.335 e. The first-order valence-electron chi connectivity index (χ1n) is 5.99. The lowest BCUT2D eigenvalue weighted by molar-refractivity contribution is 0.0696. The average molecular weight is 352 g/mol. The van der Waals surface area contributed by atoms with Crippen LogP contribution in [0.25, 0.3) is 0 Å². The van der Waals surface area contributed by atoms with Gasteiger partial charge in [0.15, 0.2) is 0 Å². The number of anilines is 1. The number of aryl methyl sites for hydroxylation is 1. The van der Waals surface area contributed by atoms with Crippen molar-refractivity contribution in [1.82, 2.24) is 0 Å². The Morgan fingerprint density at radius 2 is 1.95 bits per heavy atom. The summed E-state index contributed by atoms with van der Waals surface area (Å²) in [7, 11) is 0. The van der Waals surface area contributed by atoms with Crippen molar-refractivity contribution in [1.29, 1.82) is 0 Å². The van der Waals surface area contributed by atoms with E-state index in [0.29, 0.717) is 15.7 Å². The third-order valence-electron chi connectivity index (χ3n) is 2.90. The summed E-state index contributed by atoms with van der Waals surface area (Å²) < 4.78 is 14.3. The number of nitrogens with one attached hydrogen (secondary N) is 1. The SMILES string of the molecule is Cc1cccc(C(=O)Nc2ccc(C(=O)O)cc2Br)c1F. The Balaban J connectivity index is 2.28. The number of carbonyl (C=O) groups is 2. The van der Waals surface area contributed by atoms with Gasteiger partial charge in [0.2, 0.25) is 0 Å². The molecule has 2 aromatic carbocycles. The molecule has 6 heteroatoms. The minimum Gasteiger partial charge on any atom is -0.478 e. The molecule has 0 atom stereocenters. The van der Waals surface area contributed by atoms with Crippen LogP contribution in [0.1, 0.15) is 26.3 Å². The molecular formula is C15H11BrFNO3. The summed E-state index contributed by atoms with van der Waals surface area (Å²) in [6.07, 6.45) is 0. The standard InChI is InChI=1S/C15H11BrFNO3/c1-8-3-2-4-10(13(8)17)14(19)18-12-6-5-9(15(20)21)7-11(12)16/h2-7H,1H3,(H,18,19)(H,20,21). The van der Waals surface area contributed by atoms with Crippen LogP contribution < -0.4 is 5.32 Å². The number of benzene rings is 2. The van der Waals surface area contributed by atoms with E-state index in [9.17, 15) is 14.0 Å². The fraction of sp³-hybridized carbons (Fsp3) is 0.0667. The van der Waals surface area contributed by atoms with E-state index in [4.69, 9.17) is 5.11 Å². The maximum atomic E-state index is 13.9. The zero-order chi connectivity index (χ0) is 15.6. The molecule has 0 fully saturated rings.